The first-order valence-corrected chi connectivity index (χ1v) is 5.78. The Morgan fingerprint density at radius 3 is 2.76 bits per heavy atom. The molecule has 0 atom stereocenters. The van der Waals surface area contributed by atoms with Gasteiger partial charge in [-0.25, -0.2) is 4.68 Å². The van der Waals surface area contributed by atoms with E-state index in [9.17, 15) is 0 Å². The topological polar surface area (TPSA) is 55.9 Å². The number of rotatable bonds is 4. The highest BCUT2D eigenvalue weighted by molar-refractivity contribution is 5.51. The number of nitrogens with zero attached hydrogens (tertiary/aromatic N) is 2. The van der Waals surface area contributed by atoms with E-state index >= 15 is 0 Å². The van der Waals surface area contributed by atoms with E-state index in [1.807, 2.05) is 23.0 Å². The molecule has 0 aliphatic carbocycles. The molecule has 0 spiro atoms. The maximum Gasteiger partial charge on any atom is 0.0761 e. The normalized spacial score (nSPS) is 10.5. The number of nitrogens with two attached hydrogens (primary N) is 1. The van der Waals surface area contributed by atoms with Crippen LogP contribution in [-0.4, -0.2) is 22.9 Å². The van der Waals surface area contributed by atoms with Gasteiger partial charge in [-0.1, -0.05) is 18.2 Å². The molecule has 0 unspecified atom stereocenters. The van der Waals surface area contributed by atoms with Crippen LogP contribution >= 0.6 is 0 Å². The highest BCUT2D eigenvalue weighted by Gasteiger charge is 2.08. The molecule has 0 aliphatic heterocycles. The Hall–Kier alpha value is -1.81. The van der Waals surface area contributed by atoms with Gasteiger partial charge in [-0.3, -0.25) is 0 Å². The minimum Gasteiger partial charge on any atom is -0.381 e. The fourth-order valence-electron chi connectivity index (χ4n) is 1.83. The van der Waals surface area contributed by atoms with Crippen molar-refractivity contribution in [1.82, 2.24) is 9.78 Å². The molecule has 0 radical (unpaired) electrons. The second kappa shape index (κ2) is 5.01. The van der Waals surface area contributed by atoms with Gasteiger partial charge in [0.15, 0.2) is 0 Å². The van der Waals surface area contributed by atoms with E-state index in [1.54, 1.807) is 0 Å². The van der Waals surface area contributed by atoms with Crippen molar-refractivity contribution in [1.29, 1.82) is 0 Å². The second-order valence-electron chi connectivity index (χ2n) is 4.06. The predicted molar refractivity (Wildman–Crippen MR) is 70.6 cm³/mol. The number of para-hydroxylation sites is 1. The lowest BCUT2D eigenvalue weighted by atomic mass is 10.2. The standard InChI is InChI=1S/C13H18N4/c1-10-5-3-4-6-13(10)17-11(2)12(9-16-17)15-8-7-14/h3-6,9,15H,7-8,14H2,1-2H3. The van der Waals surface area contributed by atoms with Crippen molar-refractivity contribution in [3.63, 3.8) is 0 Å². The van der Waals surface area contributed by atoms with Crippen LogP contribution in [-0.2, 0) is 0 Å². The van der Waals surface area contributed by atoms with Crippen LogP contribution in [0.4, 0.5) is 5.69 Å². The van der Waals surface area contributed by atoms with E-state index in [4.69, 9.17) is 5.73 Å². The third-order valence-electron chi connectivity index (χ3n) is 2.81. The quantitative estimate of drug-likeness (QED) is 0.843. The predicted octanol–water partition coefficient (Wildman–Crippen LogP) is 1.86. The summed E-state index contributed by atoms with van der Waals surface area (Å²) in [6, 6.07) is 8.22. The average Bonchev–Trinajstić information content (AvgIpc) is 2.69. The van der Waals surface area contributed by atoms with Crippen LogP contribution in [0.2, 0.25) is 0 Å². The van der Waals surface area contributed by atoms with Crippen LogP contribution in [0.3, 0.4) is 0 Å². The van der Waals surface area contributed by atoms with Crippen LogP contribution in [0.5, 0.6) is 0 Å². The fourth-order valence-corrected chi connectivity index (χ4v) is 1.83. The molecule has 0 saturated heterocycles. The molecule has 2 aromatic rings. The highest BCUT2D eigenvalue weighted by atomic mass is 15.3. The van der Waals surface area contributed by atoms with Crippen molar-refractivity contribution >= 4 is 5.69 Å². The summed E-state index contributed by atoms with van der Waals surface area (Å²) in [4.78, 5) is 0. The first-order chi connectivity index (χ1) is 8.24. The molecular weight excluding hydrogens is 212 g/mol. The Balaban J connectivity index is 2.34. The minimum atomic E-state index is 0.620. The van der Waals surface area contributed by atoms with Crippen LogP contribution < -0.4 is 11.1 Å². The van der Waals surface area contributed by atoms with Gasteiger partial charge in [0.1, 0.15) is 0 Å². The van der Waals surface area contributed by atoms with E-state index in [-0.39, 0.29) is 0 Å². The van der Waals surface area contributed by atoms with Gasteiger partial charge in [-0.05, 0) is 25.5 Å². The minimum absolute atomic E-state index is 0.620. The molecule has 0 saturated carbocycles. The molecule has 0 bridgehead atoms. The van der Waals surface area contributed by atoms with Crippen molar-refractivity contribution in [2.45, 2.75) is 13.8 Å². The van der Waals surface area contributed by atoms with Gasteiger partial charge in [0, 0.05) is 13.1 Å². The number of hydrogen-bond donors (Lipinski definition) is 2. The van der Waals surface area contributed by atoms with Gasteiger partial charge < -0.3 is 11.1 Å². The summed E-state index contributed by atoms with van der Waals surface area (Å²) in [6.45, 7) is 5.52. The van der Waals surface area contributed by atoms with Crippen LogP contribution in [0, 0.1) is 13.8 Å². The van der Waals surface area contributed by atoms with Crippen molar-refractivity contribution in [2.75, 3.05) is 18.4 Å². The first kappa shape index (κ1) is 11.7. The maximum absolute atomic E-state index is 5.48. The van der Waals surface area contributed by atoms with E-state index in [1.165, 1.54) is 5.56 Å². The summed E-state index contributed by atoms with van der Waals surface area (Å²) in [6.07, 6.45) is 1.84. The number of nitrogens with one attached hydrogen (secondary N) is 1. The van der Waals surface area contributed by atoms with E-state index in [0.29, 0.717) is 6.54 Å². The number of aryl methyl sites for hydroxylation is 1. The van der Waals surface area contributed by atoms with Crippen molar-refractivity contribution in [3.8, 4) is 5.69 Å². The molecule has 90 valence electrons. The first-order valence-electron chi connectivity index (χ1n) is 5.78. The molecule has 1 heterocycles. The highest BCUT2D eigenvalue weighted by Crippen LogP contribution is 2.20. The summed E-state index contributed by atoms with van der Waals surface area (Å²) < 4.78 is 1.95. The van der Waals surface area contributed by atoms with Gasteiger partial charge in [0.05, 0.1) is 23.3 Å². The lowest BCUT2D eigenvalue weighted by Crippen LogP contribution is -2.13. The molecule has 4 heteroatoms. The zero-order valence-electron chi connectivity index (χ0n) is 10.3. The summed E-state index contributed by atoms with van der Waals surface area (Å²) in [5, 5.41) is 7.68. The molecule has 0 amide bonds. The fraction of sp³-hybridized carbons (Fsp3) is 0.308. The SMILES string of the molecule is Cc1ccccc1-n1ncc(NCCN)c1C. The van der Waals surface area contributed by atoms with E-state index < -0.39 is 0 Å². The Morgan fingerprint density at radius 1 is 1.29 bits per heavy atom. The van der Waals surface area contributed by atoms with Gasteiger partial charge in [-0.15, -0.1) is 0 Å². The average molecular weight is 230 g/mol. The summed E-state index contributed by atoms with van der Waals surface area (Å²) >= 11 is 0. The molecule has 1 aromatic carbocycles. The lowest BCUT2D eigenvalue weighted by Gasteiger charge is -2.09. The monoisotopic (exact) mass is 230 g/mol. The van der Waals surface area contributed by atoms with Crippen LogP contribution in [0.15, 0.2) is 30.5 Å². The lowest BCUT2D eigenvalue weighted by molar-refractivity contribution is 0.840. The Morgan fingerprint density at radius 2 is 2.06 bits per heavy atom. The Kier molecular flexibility index (Phi) is 3.44. The molecule has 4 nitrogen and oxygen atoms in total. The van der Waals surface area contributed by atoms with Crippen LogP contribution in [0.25, 0.3) is 5.69 Å². The van der Waals surface area contributed by atoms with Gasteiger partial charge in [0.2, 0.25) is 0 Å². The van der Waals surface area contributed by atoms with Crippen molar-refractivity contribution in [2.24, 2.45) is 5.73 Å². The summed E-state index contributed by atoms with van der Waals surface area (Å²) in [7, 11) is 0. The molecule has 2 rings (SSSR count). The number of anilines is 1. The zero-order chi connectivity index (χ0) is 12.3. The maximum atomic E-state index is 5.48. The van der Waals surface area contributed by atoms with E-state index in [2.05, 4.69) is 36.4 Å². The van der Waals surface area contributed by atoms with Gasteiger partial charge >= 0.3 is 0 Å². The third kappa shape index (κ3) is 2.31. The Bertz CT molecular complexity index is 502. The van der Waals surface area contributed by atoms with Crippen molar-refractivity contribution in [3.05, 3.63) is 41.7 Å². The summed E-state index contributed by atoms with van der Waals surface area (Å²) in [5.41, 5.74) is 9.95. The molecule has 0 fully saturated rings. The van der Waals surface area contributed by atoms with Gasteiger partial charge in [0.25, 0.3) is 0 Å². The van der Waals surface area contributed by atoms with Crippen LogP contribution in [0.1, 0.15) is 11.3 Å². The largest absolute Gasteiger partial charge is 0.381 e. The number of benzene rings is 1. The molecule has 3 N–H and O–H groups in total. The molecule has 17 heavy (non-hydrogen) atoms. The number of aromatic nitrogens is 2. The second-order valence-corrected chi connectivity index (χ2v) is 4.06. The smallest absolute Gasteiger partial charge is 0.0761 e. The summed E-state index contributed by atoms with van der Waals surface area (Å²) in [5.74, 6) is 0. The number of hydrogen-bond acceptors (Lipinski definition) is 3. The Labute approximate surface area is 101 Å². The van der Waals surface area contributed by atoms with Gasteiger partial charge in [-0.2, -0.15) is 5.10 Å². The van der Waals surface area contributed by atoms with E-state index in [0.717, 1.165) is 23.6 Å². The molecule has 1 aromatic heterocycles. The third-order valence-corrected chi connectivity index (χ3v) is 2.81. The molecular formula is C13H18N4. The zero-order valence-corrected chi connectivity index (χ0v) is 10.3. The van der Waals surface area contributed by atoms with Crippen molar-refractivity contribution < 1.29 is 0 Å². The molecule has 0 aliphatic rings.